The third kappa shape index (κ3) is 0.275. The summed E-state index contributed by atoms with van der Waals surface area (Å²) < 4.78 is 0. The highest BCUT2D eigenvalue weighted by atomic mass is 16.1. The largest absolute Gasteiger partial charge is 0.299 e. The molecule has 2 atom stereocenters. The molecule has 0 aromatic heterocycles. The van der Waals surface area contributed by atoms with E-state index >= 15 is 0 Å². The molecule has 0 heterocycles. The molecule has 38 valence electrons. The predicted molar refractivity (Wildman–Crippen MR) is 25.8 cm³/mol. The molecule has 2 saturated carbocycles. The van der Waals surface area contributed by atoms with Gasteiger partial charge in [0.2, 0.25) is 0 Å². The minimum absolute atomic E-state index is 0.524. The molecule has 1 nitrogen and oxygen atoms in total. The summed E-state index contributed by atoms with van der Waals surface area (Å²) in [6.07, 6.45) is 3.44. The monoisotopic (exact) mass is 96.1 g/mol. The number of Topliss-reactive ketones (excluding diaryl/α,β-unsaturated/α-hetero) is 1. The summed E-state index contributed by atoms with van der Waals surface area (Å²) >= 11 is 0. The molecule has 0 unspecified atom stereocenters. The maximum absolute atomic E-state index is 10.5. The first-order valence-electron chi connectivity index (χ1n) is 2.90. The third-order valence-corrected chi connectivity index (χ3v) is 2.29. The normalized spacial score (nSPS) is 46.6. The highest BCUT2D eigenvalue weighted by molar-refractivity contribution is 5.88. The molecule has 2 aliphatic carbocycles. The lowest BCUT2D eigenvalue weighted by Crippen LogP contribution is -2.44. The van der Waals surface area contributed by atoms with Crippen LogP contribution in [0.15, 0.2) is 0 Å². The van der Waals surface area contributed by atoms with Gasteiger partial charge in [-0.1, -0.05) is 0 Å². The minimum atomic E-state index is 0.524. The second kappa shape index (κ2) is 0.908. The van der Waals surface area contributed by atoms with E-state index in [1.807, 2.05) is 0 Å². The Bertz CT molecular complexity index is 117. The molecule has 0 aromatic rings. The summed E-state index contributed by atoms with van der Waals surface area (Å²) in [7, 11) is 0. The smallest absolute Gasteiger partial charge is 0.136 e. The first-order valence-corrected chi connectivity index (χ1v) is 2.90. The average Bonchev–Trinajstić information content (AvgIpc) is 1.59. The van der Waals surface area contributed by atoms with Gasteiger partial charge in [-0.2, -0.15) is 0 Å². The van der Waals surface area contributed by atoms with E-state index in [9.17, 15) is 4.79 Å². The quantitative estimate of drug-likeness (QED) is 0.439. The van der Waals surface area contributed by atoms with Crippen LogP contribution < -0.4 is 0 Å². The van der Waals surface area contributed by atoms with Gasteiger partial charge in [0.1, 0.15) is 5.78 Å². The zero-order valence-corrected chi connectivity index (χ0v) is 4.18. The predicted octanol–water partition coefficient (Wildman–Crippen LogP) is 0.985. The Morgan fingerprint density at radius 1 is 1.43 bits per heavy atom. The first-order chi connectivity index (χ1) is 3.38. The zero-order valence-electron chi connectivity index (χ0n) is 4.18. The van der Waals surface area contributed by atoms with Crippen molar-refractivity contribution in [2.45, 2.75) is 19.3 Å². The summed E-state index contributed by atoms with van der Waals surface area (Å²) in [4.78, 5) is 10.5. The number of fused-ring (bicyclic) bond motifs is 1. The van der Waals surface area contributed by atoms with Gasteiger partial charge in [0.05, 0.1) is 0 Å². The van der Waals surface area contributed by atoms with E-state index in [1.54, 1.807) is 0 Å². The standard InChI is InChI=1S/C6H8O/c7-6-3-4-1-2-5(4)6/h4-5H,1-3H2/t4-,5-/m1/s1. The van der Waals surface area contributed by atoms with Crippen LogP contribution in [0.25, 0.3) is 0 Å². The maximum atomic E-state index is 10.5. The topological polar surface area (TPSA) is 17.1 Å². The summed E-state index contributed by atoms with van der Waals surface area (Å²) in [5.74, 6) is 1.91. The number of ketones is 1. The van der Waals surface area contributed by atoms with Gasteiger partial charge >= 0.3 is 0 Å². The molecule has 2 fully saturated rings. The Morgan fingerprint density at radius 2 is 2.29 bits per heavy atom. The van der Waals surface area contributed by atoms with Crippen molar-refractivity contribution < 1.29 is 4.79 Å². The Labute approximate surface area is 42.7 Å². The van der Waals surface area contributed by atoms with Gasteiger partial charge in [0.25, 0.3) is 0 Å². The maximum Gasteiger partial charge on any atom is 0.136 e. The third-order valence-electron chi connectivity index (χ3n) is 2.29. The summed E-state index contributed by atoms with van der Waals surface area (Å²) in [5.41, 5.74) is 0. The zero-order chi connectivity index (χ0) is 4.85. The number of carbonyl (C=O) groups is 1. The molecule has 0 bridgehead atoms. The van der Waals surface area contributed by atoms with Gasteiger partial charge in [-0.15, -0.1) is 0 Å². The molecule has 0 amide bonds. The van der Waals surface area contributed by atoms with E-state index in [0.717, 1.165) is 12.3 Å². The van der Waals surface area contributed by atoms with E-state index < -0.39 is 0 Å². The molecule has 0 saturated heterocycles. The lowest BCUT2D eigenvalue weighted by Gasteiger charge is -2.44. The van der Waals surface area contributed by atoms with Gasteiger partial charge in [0.15, 0.2) is 0 Å². The van der Waals surface area contributed by atoms with Gasteiger partial charge < -0.3 is 0 Å². The molecule has 2 aliphatic rings. The van der Waals surface area contributed by atoms with Crippen molar-refractivity contribution in [2.75, 3.05) is 0 Å². The molecule has 1 heteroatoms. The van der Waals surface area contributed by atoms with Crippen LogP contribution in [0.1, 0.15) is 19.3 Å². The van der Waals surface area contributed by atoms with Gasteiger partial charge in [0, 0.05) is 12.3 Å². The Morgan fingerprint density at radius 3 is 2.29 bits per heavy atom. The molecule has 7 heavy (non-hydrogen) atoms. The number of hydrogen-bond acceptors (Lipinski definition) is 1. The van der Waals surface area contributed by atoms with E-state index in [2.05, 4.69) is 0 Å². The highest BCUT2D eigenvalue weighted by Gasteiger charge is 2.45. The van der Waals surface area contributed by atoms with Gasteiger partial charge in [-0.25, -0.2) is 0 Å². The number of carbonyl (C=O) groups excluding carboxylic acids is 1. The molecule has 0 aliphatic heterocycles. The average molecular weight is 96.1 g/mol. The van der Waals surface area contributed by atoms with Crippen LogP contribution >= 0.6 is 0 Å². The number of hydrogen-bond donors (Lipinski definition) is 0. The van der Waals surface area contributed by atoms with E-state index in [0.29, 0.717) is 11.7 Å². The first kappa shape index (κ1) is 3.65. The fourth-order valence-electron chi connectivity index (χ4n) is 1.49. The fraction of sp³-hybridized carbons (Fsp3) is 0.833. The second-order valence-corrected chi connectivity index (χ2v) is 2.61. The van der Waals surface area contributed by atoms with Crippen molar-refractivity contribution in [3.05, 3.63) is 0 Å². The van der Waals surface area contributed by atoms with E-state index in [1.165, 1.54) is 12.8 Å². The van der Waals surface area contributed by atoms with Crippen molar-refractivity contribution in [1.82, 2.24) is 0 Å². The molecule has 2 rings (SSSR count). The number of rotatable bonds is 0. The van der Waals surface area contributed by atoms with Crippen LogP contribution in [0.4, 0.5) is 0 Å². The summed E-state index contributed by atoms with van der Waals surface area (Å²) in [6, 6.07) is 0. The fourth-order valence-corrected chi connectivity index (χ4v) is 1.49. The molecule has 0 aromatic carbocycles. The lowest BCUT2D eigenvalue weighted by molar-refractivity contribution is -0.141. The van der Waals surface area contributed by atoms with Crippen molar-refractivity contribution in [3.63, 3.8) is 0 Å². The van der Waals surface area contributed by atoms with Crippen molar-refractivity contribution in [2.24, 2.45) is 11.8 Å². The van der Waals surface area contributed by atoms with Gasteiger partial charge in [-0.05, 0) is 18.8 Å². The molecular formula is C6H8O. The molecule has 0 spiro atoms. The summed E-state index contributed by atoms with van der Waals surface area (Å²) in [6.45, 7) is 0. The molecule has 0 N–H and O–H groups in total. The van der Waals surface area contributed by atoms with Crippen molar-refractivity contribution >= 4 is 5.78 Å². The van der Waals surface area contributed by atoms with E-state index in [-0.39, 0.29) is 0 Å². The van der Waals surface area contributed by atoms with Crippen molar-refractivity contribution in [3.8, 4) is 0 Å². The Kier molecular flexibility index (Phi) is 0.473. The molecular weight excluding hydrogens is 88.1 g/mol. The SMILES string of the molecule is O=C1C[C@H]2CC[C@@H]12. The molecule has 0 radical (unpaired) electrons. The van der Waals surface area contributed by atoms with Crippen LogP contribution in [0.5, 0.6) is 0 Å². The minimum Gasteiger partial charge on any atom is -0.299 e. The van der Waals surface area contributed by atoms with Crippen LogP contribution in [0.3, 0.4) is 0 Å². The van der Waals surface area contributed by atoms with Gasteiger partial charge in [-0.3, -0.25) is 4.79 Å². The highest BCUT2D eigenvalue weighted by Crippen LogP contribution is 2.46. The summed E-state index contributed by atoms with van der Waals surface area (Å²) in [5, 5.41) is 0. The van der Waals surface area contributed by atoms with Crippen LogP contribution in [0.2, 0.25) is 0 Å². The Hall–Kier alpha value is -0.330. The second-order valence-electron chi connectivity index (χ2n) is 2.61. The lowest BCUT2D eigenvalue weighted by atomic mass is 9.59. The van der Waals surface area contributed by atoms with Crippen LogP contribution in [-0.2, 0) is 4.79 Å². The van der Waals surface area contributed by atoms with Crippen molar-refractivity contribution in [1.29, 1.82) is 0 Å². The van der Waals surface area contributed by atoms with Crippen LogP contribution in [0, 0.1) is 11.8 Å². The Balaban J connectivity index is 2.11. The van der Waals surface area contributed by atoms with E-state index in [4.69, 9.17) is 0 Å². The van der Waals surface area contributed by atoms with Crippen LogP contribution in [-0.4, -0.2) is 5.78 Å².